The maximum absolute atomic E-state index is 12.2. The normalized spacial score (nSPS) is 11.7. The van der Waals surface area contributed by atoms with E-state index in [1.165, 1.54) is 4.90 Å². The van der Waals surface area contributed by atoms with Gasteiger partial charge in [0.05, 0.1) is 12.1 Å². The molecule has 0 aliphatic rings. The molecule has 1 amide bonds. The zero-order valence-corrected chi connectivity index (χ0v) is 11.8. The van der Waals surface area contributed by atoms with Crippen LogP contribution in [0.5, 0.6) is 0 Å². The first-order chi connectivity index (χ1) is 9.69. The third-order valence-electron chi connectivity index (χ3n) is 2.97. The van der Waals surface area contributed by atoms with Crippen LogP contribution in [0.2, 0.25) is 0 Å². The number of nitrogens with two attached hydrogens (primary N) is 1. The molecule has 1 rings (SSSR count). The predicted molar refractivity (Wildman–Crippen MR) is 76.6 cm³/mol. The van der Waals surface area contributed by atoms with Gasteiger partial charge in [0.2, 0.25) is 5.91 Å². The summed E-state index contributed by atoms with van der Waals surface area (Å²) in [6, 6.07) is 11.0. The van der Waals surface area contributed by atoms with Crippen LogP contribution in [-0.2, 0) is 16.1 Å². The van der Waals surface area contributed by atoms with Gasteiger partial charge in [0.1, 0.15) is 6.54 Å². The standard InChI is InChI=1S/C15H21N3O2/c1-20-11-5-8-14(17)15(19)18(10-9-16)12-13-6-3-2-4-7-13/h2-4,6-7,14H,5,8,10-12,17H2,1H3. The van der Waals surface area contributed by atoms with Crippen molar-refractivity contribution in [2.45, 2.75) is 25.4 Å². The number of methoxy groups -OCH3 is 1. The van der Waals surface area contributed by atoms with Crippen molar-refractivity contribution in [3.63, 3.8) is 0 Å². The largest absolute Gasteiger partial charge is 0.385 e. The molecule has 2 N–H and O–H groups in total. The highest BCUT2D eigenvalue weighted by molar-refractivity contribution is 5.81. The van der Waals surface area contributed by atoms with Crippen molar-refractivity contribution in [1.82, 2.24) is 4.90 Å². The Balaban J connectivity index is 2.60. The van der Waals surface area contributed by atoms with Crippen LogP contribution in [0.25, 0.3) is 0 Å². The average molecular weight is 275 g/mol. The quantitative estimate of drug-likeness (QED) is 0.573. The molecule has 0 saturated heterocycles. The third-order valence-corrected chi connectivity index (χ3v) is 2.97. The lowest BCUT2D eigenvalue weighted by molar-refractivity contribution is -0.132. The molecule has 0 aromatic heterocycles. The van der Waals surface area contributed by atoms with Crippen LogP contribution >= 0.6 is 0 Å². The Kier molecular flexibility index (Phi) is 7.33. The van der Waals surface area contributed by atoms with Crippen LogP contribution in [-0.4, -0.2) is 37.1 Å². The summed E-state index contributed by atoms with van der Waals surface area (Å²) in [5, 5.41) is 8.85. The number of carbonyl (C=O) groups is 1. The molecule has 20 heavy (non-hydrogen) atoms. The number of hydrogen-bond donors (Lipinski definition) is 1. The van der Waals surface area contributed by atoms with Gasteiger partial charge in [-0.2, -0.15) is 5.26 Å². The highest BCUT2D eigenvalue weighted by Gasteiger charge is 2.20. The number of rotatable bonds is 8. The van der Waals surface area contributed by atoms with Gasteiger partial charge in [-0.15, -0.1) is 0 Å². The van der Waals surface area contributed by atoms with Crippen molar-refractivity contribution in [2.75, 3.05) is 20.3 Å². The Morgan fingerprint density at radius 1 is 1.45 bits per heavy atom. The summed E-state index contributed by atoms with van der Waals surface area (Å²) >= 11 is 0. The molecule has 5 nitrogen and oxygen atoms in total. The van der Waals surface area contributed by atoms with Crippen LogP contribution in [0, 0.1) is 11.3 Å². The lowest BCUT2D eigenvalue weighted by atomic mass is 10.1. The van der Waals surface area contributed by atoms with Crippen molar-refractivity contribution in [1.29, 1.82) is 5.26 Å². The minimum absolute atomic E-state index is 0.0473. The first kappa shape index (κ1) is 16.2. The van der Waals surface area contributed by atoms with Crippen molar-refractivity contribution < 1.29 is 9.53 Å². The lowest BCUT2D eigenvalue weighted by Gasteiger charge is -2.23. The maximum Gasteiger partial charge on any atom is 0.240 e. The van der Waals surface area contributed by atoms with Crippen LogP contribution in [0.3, 0.4) is 0 Å². The van der Waals surface area contributed by atoms with E-state index in [9.17, 15) is 4.79 Å². The molecule has 1 aromatic carbocycles. The first-order valence-corrected chi connectivity index (χ1v) is 6.63. The van der Waals surface area contributed by atoms with Gasteiger partial charge in [0.25, 0.3) is 0 Å². The Bertz CT molecular complexity index is 442. The molecule has 0 heterocycles. The van der Waals surface area contributed by atoms with Gasteiger partial charge in [-0.3, -0.25) is 4.79 Å². The molecule has 0 radical (unpaired) electrons. The molecule has 0 spiro atoms. The van der Waals surface area contributed by atoms with E-state index in [2.05, 4.69) is 0 Å². The maximum atomic E-state index is 12.2. The number of benzene rings is 1. The lowest BCUT2D eigenvalue weighted by Crippen LogP contribution is -2.43. The average Bonchev–Trinajstić information content (AvgIpc) is 2.47. The summed E-state index contributed by atoms with van der Waals surface area (Å²) in [5.41, 5.74) is 6.87. The molecule has 0 fully saturated rings. The third kappa shape index (κ3) is 5.39. The van der Waals surface area contributed by atoms with Crippen LogP contribution in [0.15, 0.2) is 30.3 Å². The van der Waals surface area contributed by atoms with E-state index in [1.807, 2.05) is 36.4 Å². The molecule has 108 valence electrons. The SMILES string of the molecule is COCCCC(N)C(=O)N(CC#N)Cc1ccccc1. The number of amides is 1. The van der Waals surface area contributed by atoms with Gasteiger partial charge in [-0.05, 0) is 18.4 Å². The molecular weight excluding hydrogens is 254 g/mol. The van der Waals surface area contributed by atoms with Crippen LogP contribution in [0.4, 0.5) is 0 Å². The van der Waals surface area contributed by atoms with Crippen molar-refractivity contribution in [3.8, 4) is 6.07 Å². The van der Waals surface area contributed by atoms with E-state index in [0.717, 1.165) is 12.0 Å². The van der Waals surface area contributed by atoms with E-state index >= 15 is 0 Å². The van der Waals surface area contributed by atoms with Gasteiger partial charge in [0.15, 0.2) is 0 Å². The van der Waals surface area contributed by atoms with Gasteiger partial charge < -0.3 is 15.4 Å². The molecular formula is C15H21N3O2. The number of hydrogen-bond acceptors (Lipinski definition) is 4. The van der Waals surface area contributed by atoms with Crippen molar-refractivity contribution >= 4 is 5.91 Å². The van der Waals surface area contributed by atoms with Crippen molar-refractivity contribution in [2.24, 2.45) is 5.73 Å². The van der Waals surface area contributed by atoms with Gasteiger partial charge in [-0.25, -0.2) is 0 Å². The Morgan fingerprint density at radius 2 is 2.15 bits per heavy atom. The Hall–Kier alpha value is -1.90. The van der Waals surface area contributed by atoms with Crippen molar-refractivity contribution in [3.05, 3.63) is 35.9 Å². The van der Waals surface area contributed by atoms with Gasteiger partial charge in [0, 0.05) is 20.3 Å². The summed E-state index contributed by atoms with van der Waals surface area (Å²) in [4.78, 5) is 13.7. The van der Waals surface area contributed by atoms with E-state index in [0.29, 0.717) is 19.6 Å². The topological polar surface area (TPSA) is 79.3 Å². The second kappa shape index (κ2) is 9.08. The van der Waals surface area contributed by atoms with Crippen LogP contribution in [0.1, 0.15) is 18.4 Å². The summed E-state index contributed by atoms with van der Waals surface area (Å²) in [5.74, 6) is -0.188. The molecule has 1 atom stereocenters. The second-order valence-electron chi connectivity index (χ2n) is 4.58. The minimum atomic E-state index is -0.581. The Morgan fingerprint density at radius 3 is 2.75 bits per heavy atom. The molecule has 5 heteroatoms. The smallest absolute Gasteiger partial charge is 0.240 e. The highest BCUT2D eigenvalue weighted by Crippen LogP contribution is 2.07. The van der Waals surface area contributed by atoms with Gasteiger partial charge >= 0.3 is 0 Å². The molecule has 1 unspecified atom stereocenters. The van der Waals surface area contributed by atoms with E-state index in [1.54, 1.807) is 7.11 Å². The number of nitrogens with zero attached hydrogens (tertiary/aromatic N) is 2. The fourth-order valence-electron chi connectivity index (χ4n) is 1.91. The first-order valence-electron chi connectivity index (χ1n) is 6.63. The molecule has 0 bridgehead atoms. The highest BCUT2D eigenvalue weighted by atomic mass is 16.5. The number of ether oxygens (including phenoxy) is 1. The van der Waals surface area contributed by atoms with E-state index < -0.39 is 6.04 Å². The molecule has 0 aliphatic carbocycles. The van der Waals surface area contributed by atoms with E-state index in [4.69, 9.17) is 15.7 Å². The number of nitriles is 1. The molecule has 0 saturated carbocycles. The summed E-state index contributed by atoms with van der Waals surface area (Å²) < 4.78 is 4.94. The summed E-state index contributed by atoms with van der Waals surface area (Å²) in [6.07, 6.45) is 1.29. The summed E-state index contributed by atoms with van der Waals surface area (Å²) in [6.45, 7) is 1.04. The minimum Gasteiger partial charge on any atom is -0.385 e. The van der Waals surface area contributed by atoms with Crippen LogP contribution < -0.4 is 5.73 Å². The second-order valence-corrected chi connectivity index (χ2v) is 4.58. The summed E-state index contributed by atoms with van der Waals surface area (Å²) in [7, 11) is 1.62. The monoisotopic (exact) mass is 275 g/mol. The zero-order valence-electron chi connectivity index (χ0n) is 11.8. The molecule has 1 aromatic rings. The number of carbonyl (C=O) groups excluding carboxylic acids is 1. The Labute approximate surface area is 119 Å². The molecule has 0 aliphatic heterocycles. The van der Waals surface area contributed by atoms with E-state index in [-0.39, 0.29) is 12.5 Å². The zero-order chi connectivity index (χ0) is 14.8. The fourth-order valence-corrected chi connectivity index (χ4v) is 1.91. The fraction of sp³-hybridized carbons (Fsp3) is 0.467. The van der Waals surface area contributed by atoms with Gasteiger partial charge in [-0.1, -0.05) is 30.3 Å². The predicted octanol–water partition coefficient (Wildman–Crippen LogP) is 1.29.